The first-order valence-corrected chi connectivity index (χ1v) is 9.47. The first kappa shape index (κ1) is 13.9. The molecule has 0 bridgehead atoms. The zero-order valence-corrected chi connectivity index (χ0v) is 13.9. The maximum absolute atomic E-state index is 5.03. The van der Waals surface area contributed by atoms with Crippen LogP contribution >= 0.6 is 0 Å². The molecule has 0 saturated heterocycles. The third-order valence-electron chi connectivity index (χ3n) is 2.35. The zero-order valence-electron chi connectivity index (χ0n) is 10.8. The molecule has 0 aliphatic carbocycles. The van der Waals surface area contributed by atoms with E-state index in [0.717, 1.165) is 10.5 Å². The largest absolute Gasteiger partial charge is 0.466 e. The SMILES string of the molecule is C[SiH](C)O[SiH3].c1ccc(-c2ccccc2)cc1. The highest BCUT2D eigenvalue weighted by atomic mass is 28.3. The molecule has 0 unspecified atom stereocenters. The molecular weight excluding hydrogens is 240 g/mol. The summed E-state index contributed by atoms with van der Waals surface area (Å²) in [4.78, 5) is 0. The minimum Gasteiger partial charge on any atom is -0.466 e. The van der Waals surface area contributed by atoms with Gasteiger partial charge in [-0.25, -0.2) is 0 Å². The van der Waals surface area contributed by atoms with Gasteiger partial charge in [-0.2, -0.15) is 0 Å². The topological polar surface area (TPSA) is 9.23 Å². The van der Waals surface area contributed by atoms with Gasteiger partial charge in [0.1, 0.15) is 10.5 Å². The van der Waals surface area contributed by atoms with Gasteiger partial charge >= 0.3 is 0 Å². The summed E-state index contributed by atoms with van der Waals surface area (Å²) < 4.78 is 5.03. The lowest BCUT2D eigenvalue weighted by molar-refractivity contribution is 0.647. The summed E-state index contributed by atoms with van der Waals surface area (Å²) in [5, 5.41) is 0. The molecule has 3 heteroatoms. The van der Waals surface area contributed by atoms with Crippen LogP contribution in [0.15, 0.2) is 60.7 Å². The van der Waals surface area contributed by atoms with E-state index in [4.69, 9.17) is 4.12 Å². The highest BCUT2D eigenvalue weighted by Gasteiger charge is 1.91. The summed E-state index contributed by atoms with van der Waals surface area (Å²) in [5.74, 6) is 0. The van der Waals surface area contributed by atoms with Gasteiger partial charge in [-0.15, -0.1) is 0 Å². The van der Waals surface area contributed by atoms with Crippen molar-refractivity contribution in [1.82, 2.24) is 0 Å². The van der Waals surface area contributed by atoms with Gasteiger partial charge in [0.25, 0.3) is 0 Å². The Morgan fingerprint density at radius 3 is 1.29 bits per heavy atom. The fourth-order valence-corrected chi connectivity index (χ4v) is 1.26. The van der Waals surface area contributed by atoms with Crippen LogP contribution in [0.5, 0.6) is 0 Å². The summed E-state index contributed by atoms with van der Waals surface area (Å²) in [6, 6.07) is 20.8. The van der Waals surface area contributed by atoms with E-state index in [1.165, 1.54) is 11.1 Å². The van der Waals surface area contributed by atoms with Crippen molar-refractivity contribution in [2.45, 2.75) is 13.1 Å². The van der Waals surface area contributed by atoms with Crippen LogP contribution in [-0.2, 0) is 4.12 Å². The Bertz CT molecular complexity index is 364. The molecule has 2 aromatic carbocycles. The van der Waals surface area contributed by atoms with Crippen LogP contribution in [0.1, 0.15) is 0 Å². The molecule has 0 amide bonds. The Morgan fingerprint density at radius 2 is 1.06 bits per heavy atom. The lowest BCUT2D eigenvalue weighted by atomic mass is 10.1. The molecule has 0 fully saturated rings. The van der Waals surface area contributed by atoms with Crippen molar-refractivity contribution in [2.75, 3.05) is 0 Å². The van der Waals surface area contributed by atoms with Crippen LogP contribution in [0.4, 0.5) is 0 Å². The fourth-order valence-electron chi connectivity index (χ4n) is 1.26. The van der Waals surface area contributed by atoms with Crippen LogP contribution in [0, 0.1) is 0 Å². The first-order valence-electron chi connectivity index (χ1n) is 5.87. The summed E-state index contributed by atoms with van der Waals surface area (Å²) >= 11 is 0. The Labute approximate surface area is 109 Å². The molecule has 0 saturated carbocycles. The average molecular weight is 260 g/mol. The highest BCUT2D eigenvalue weighted by Crippen LogP contribution is 2.17. The maximum atomic E-state index is 5.03. The second-order valence-electron chi connectivity index (χ2n) is 4.02. The van der Waals surface area contributed by atoms with E-state index < -0.39 is 9.04 Å². The third kappa shape index (κ3) is 5.63. The predicted molar refractivity (Wildman–Crippen MR) is 81.8 cm³/mol. The van der Waals surface area contributed by atoms with E-state index >= 15 is 0 Å². The Morgan fingerprint density at radius 1 is 0.765 bits per heavy atom. The zero-order chi connectivity index (χ0) is 12.5. The monoisotopic (exact) mass is 260 g/mol. The molecule has 90 valence electrons. The average Bonchev–Trinajstić information content (AvgIpc) is 2.41. The molecule has 0 heterocycles. The van der Waals surface area contributed by atoms with E-state index in [-0.39, 0.29) is 0 Å². The van der Waals surface area contributed by atoms with E-state index in [1.807, 2.05) is 12.1 Å². The quantitative estimate of drug-likeness (QED) is 0.754. The van der Waals surface area contributed by atoms with Crippen molar-refractivity contribution in [1.29, 1.82) is 0 Å². The van der Waals surface area contributed by atoms with E-state index in [0.29, 0.717) is 0 Å². The minimum atomic E-state index is -0.588. The van der Waals surface area contributed by atoms with Crippen LogP contribution in [0.2, 0.25) is 13.1 Å². The number of hydrogen-bond donors (Lipinski definition) is 0. The third-order valence-corrected chi connectivity index (χ3v) is 6.12. The fraction of sp³-hybridized carbons (Fsp3) is 0.143. The summed E-state index contributed by atoms with van der Waals surface area (Å²) in [7, 11) is 0.347. The number of benzene rings is 2. The Kier molecular flexibility index (Phi) is 6.54. The van der Waals surface area contributed by atoms with Crippen molar-refractivity contribution in [3.05, 3.63) is 60.7 Å². The van der Waals surface area contributed by atoms with Gasteiger partial charge < -0.3 is 4.12 Å². The maximum Gasteiger partial charge on any atom is 0.156 e. The normalized spacial score (nSPS) is 9.82. The van der Waals surface area contributed by atoms with Crippen molar-refractivity contribution in [3.8, 4) is 11.1 Å². The molecular formula is C14H20OSi2. The second-order valence-corrected chi connectivity index (χ2v) is 8.00. The lowest BCUT2D eigenvalue weighted by Crippen LogP contribution is -2.02. The van der Waals surface area contributed by atoms with E-state index in [9.17, 15) is 0 Å². The summed E-state index contributed by atoms with van der Waals surface area (Å²) in [6.45, 7) is 4.35. The first-order chi connectivity index (χ1) is 8.24. The van der Waals surface area contributed by atoms with Crippen LogP contribution in [0.25, 0.3) is 11.1 Å². The molecule has 0 N–H and O–H groups in total. The molecule has 0 aromatic heterocycles. The summed E-state index contributed by atoms with van der Waals surface area (Å²) in [6.07, 6.45) is 0. The second kappa shape index (κ2) is 8.00. The van der Waals surface area contributed by atoms with Gasteiger partial charge in [-0.05, 0) is 24.2 Å². The van der Waals surface area contributed by atoms with Gasteiger partial charge in [-0.3, -0.25) is 0 Å². The highest BCUT2D eigenvalue weighted by molar-refractivity contribution is 6.52. The molecule has 0 aliphatic rings. The molecule has 17 heavy (non-hydrogen) atoms. The van der Waals surface area contributed by atoms with Gasteiger partial charge in [0.05, 0.1) is 0 Å². The Hall–Kier alpha value is -1.17. The molecule has 0 aliphatic heterocycles. The predicted octanol–water partition coefficient (Wildman–Crippen LogP) is 2.62. The summed E-state index contributed by atoms with van der Waals surface area (Å²) in [5.41, 5.74) is 2.55. The number of rotatable bonds is 2. The minimum absolute atomic E-state index is 0.588. The molecule has 0 spiro atoms. The molecule has 0 radical (unpaired) electrons. The van der Waals surface area contributed by atoms with Crippen molar-refractivity contribution < 1.29 is 4.12 Å². The lowest BCUT2D eigenvalue weighted by Gasteiger charge is -1.98. The van der Waals surface area contributed by atoms with Crippen LogP contribution < -0.4 is 0 Å². The van der Waals surface area contributed by atoms with Gasteiger partial charge in [-0.1, -0.05) is 60.7 Å². The molecule has 1 nitrogen and oxygen atoms in total. The van der Waals surface area contributed by atoms with Gasteiger partial charge in [0.15, 0.2) is 9.04 Å². The van der Waals surface area contributed by atoms with Crippen LogP contribution in [-0.4, -0.2) is 19.5 Å². The smallest absolute Gasteiger partial charge is 0.156 e. The Balaban J connectivity index is 0.000000249. The molecule has 2 aromatic rings. The van der Waals surface area contributed by atoms with E-state index in [1.54, 1.807) is 0 Å². The van der Waals surface area contributed by atoms with E-state index in [2.05, 4.69) is 61.6 Å². The van der Waals surface area contributed by atoms with Crippen LogP contribution in [0.3, 0.4) is 0 Å². The van der Waals surface area contributed by atoms with Crippen molar-refractivity contribution in [3.63, 3.8) is 0 Å². The van der Waals surface area contributed by atoms with Gasteiger partial charge in [0, 0.05) is 0 Å². The van der Waals surface area contributed by atoms with Crippen molar-refractivity contribution >= 4 is 19.5 Å². The molecule has 2 rings (SSSR count). The van der Waals surface area contributed by atoms with Gasteiger partial charge in [0.2, 0.25) is 0 Å². The standard InChI is InChI=1S/C12H10.C2H10OSi2/c1-3-7-11(8-4-1)12-9-5-2-6-10-12;1-5(2)3-4/h1-10H;5H,1-2,4H3. The number of hydrogen-bond acceptors (Lipinski definition) is 1. The van der Waals surface area contributed by atoms with Crippen molar-refractivity contribution in [2.24, 2.45) is 0 Å². The molecule has 0 atom stereocenters.